The van der Waals surface area contributed by atoms with Crippen LogP contribution in [0.1, 0.15) is 12.0 Å². The molecule has 0 spiro atoms. The van der Waals surface area contributed by atoms with Gasteiger partial charge in [-0.2, -0.15) is 0 Å². The Kier molecular flexibility index (Phi) is 5.36. The average molecular weight is 354 g/mol. The predicted octanol–water partition coefficient (Wildman–Crippen LogP) is 2.46. The lowest BCUT2D eigenvalue weighted by atomic mass is 10.1. The molecule has 1 fully saturated rings. The minimum atomic E-state index is -0.390. The van der Waals surface area contributed by atoms with E-state index in [1.165, 1.54) is 6.07 Å². The summed E-state index contributed by atoms with van der Waals surface area (Å²) in [6.07, 6.45) is 1.07. The number of carbonyl (C=O) groups is 1. The van der Waals surface area contributed by atoms with Crippen LogP contribution in [0.5, 0.6) is 0 Å². The summed E-state index contributed by atoms with van der Waals surface area (Å²) in [6.45, 7) is 2.57. The van der Waals surface area contributed by atoms with Crippen molar-refractivity contribution in [2.24, 2.45) is 0 Å². The van der Waals surface area contributed by atoms with Crippen LogP contribution in [-0.4, -0.2) is 41.9 Å². The number of non-ortho nitro benzene ring substituents is 1. The average Bonchev–Trinajstić information content (AvgIpc) is 2.67. The first-order valence-corrected chi connectivity index (χ1v) is 8.65. The van der Waals surface area contributed by atoms with Gasteiger partial charge in [-0.05, 0) is 24.1 Å². The molecule has 0 aromatic heterocycles. The molecule has 1 aliphatic rings. The van der Waals surface area contributed by atoms with Gasteiger partial charge in [-0.3, -0.25) is 14.9 Å². The van der Waals surface area contributed by atoms with E-state index in [0.717, 1.165) is 16.9 Å². The van der Waals surface area contributed by atoms with Gasteiger partial charge in [0.1, 0.15) is 0 Å². The lowest BCUT2D eigenvalue weighted by molar-refractivity contribution is -0.384. The Hall–Kier alpha value is -3.09. The molecule has 0 radical (unpaired) electrons. The molecule has 1 aliphatic heterocycles. The molecule has 7 heteroatoms. The standard InChI is InChI=1S/C19H22N4O3/c20-18-7-2-1-4-15(18)8-9-19(24)22-12-10-21(11-13-22)16-5-3-6-17(14-16)23(25)26/h1-7,14H,8-13,20H2. The van der Waals surface area contributed by atoms with Gasteiger partial charge in [0.15, 0.2) is 0 Å². The van der Waals surface area contributed by atoms with Crippen LogP contribution < -0.4 is 10.6 Å². The Morgan fingerprint density at radius 1 is 1.08 bits per heavy atom. The highest BCUT2D eigenvalue weighted by molar-refractivity contribution is 5.77. The van der Waals surface area contributed by atoms with Crippen molar-refractivity contribution < 1.29 is 9.72 Å². The van der Waals surface area contributed by atoms with Gasteiger partial charge >= 0.3 is 0 Å². The monoisotopic (exact) mass is 354 g/mol. The molecule has 2 N–H and O–H groups in total. The molecule has 1 heterocycles. The van der Waals surface area contributed by atoms with Crippen LogP contribution >= 0.6 is 0 Å². The number of aryl methyl sites for hydroxylation is 1. The van der Waals surface area contributed by atoms with Crippen molar-refractivity contribution in [3.05, 3.63) is 64.2 Å². The van der Waals surface area contributed by atoms with Crippen molar-refractivity contribution in [2.75, 3.05) is 36.8 Å². The molecule has 0 atom stereocenters. The maximum Gasteiger partial charge on any atom is 0.271 e. The van der Waals surface area contributed by atoms with E-state index in [1.807, 2.05) is 35.2 Å². The van der Waals surface area contributed by atoms with Crippen LogP contribution in [-0.2, 0) is 11.2 Å². The smallest absolute Gasteiger partial charge is 0.271 e. The summed E-state index contributed by atoms with van der Waals surface area (Å²) in [6, 6.07) is 14.2. The summed E-state index contributed by atoms with van der Waals surface area (Å²) >= 11 is 0. The summed E-state index contributed by atoms with van der Waals surface area (Å²) in [4.78, 5) is 26.9. The first-order chi connectivity index (χ1) is 12.5. The lowest BCUT2D eigenvalue weighted by Gasteiger charge is -2.36. The zero-order valence-electron chi connectivity index (χ0n) is 14.5. The van der Waals surface area contributed by atoms with E-state index >= 15 is 0 Å². The number of nitro groups is 1. The quantitative estimate of drug-likeness (QED) is 0.506. The SMILES string of the molecule is Nc1ccccc1CCC(=O)N1CCN(c2cccc([N+](=O)[O-])c2)CC1. The van der Waals surface area contributed by atoms with E-state index in [-0.39, 0.29) is 11.6 Å². The number of piperazine rings is 1. The van der Waals surface area contributed by atoms with Crippen molar-refractivity contribution in [1.29, 1.82) is 0 Å². The number of anilines is 2. The van der Waals surface area contributed by atoms with Crippen molar-refractivity contribution >= 4 is 23.0 Å². The molecular formula is C19H22N4O3. The number of hydrogen-bond donors (Lipinski definition) is 1. The number of carbonyl (C=O) groups excluding carboxylic acids is 1. The van der Waals surface area contributed by atoms with E-state index < -0.39 is 4.92 Å². The largest absolute Gasteiger partial charge is 0.399 e. The van der Waals surface area contributed by atoms with Crippen LogP contribution in [0.25, 0.3) is 0 Å². The molecule has 1 amide bonds. The molecule has 3 rings (SSSR count). The summed E-state index contributed by atoms with van der Waals surface area (Å²) < 4.78 is 0. The number of benzene rings is 2. The Labute approximate surface area is 152 Å². The fourth-order valence-corrected chi connectivity index (χ4v) is 3.18. The lowest BCUT2D eigenvalue weighted by Crippen LogP contribution is -2.48. The number of nitro benzene ring substituents is 1. The molecule has 0 saturated carbocycles. The number of amides is 1. The predicted molar refractivity (Wildman–Crippen MR) is 101 cm³/mol. The third-order valence-corrected chi connectivity index (χ3v) is 4.70. The van der Waals surface area contributed by atoms with Gasteiger partial charge in [0.05, 0.1) is 4.92 Å². The number of para-hydroxylation sites is 1. The van der Waals surface area contributed by atoms with E-state index in [0.29, 0.717) is 39.0 Å². The number of nitrogen functional groups attached to an aromatic ring is 1. The Balaban J connectivity index is 1.53. The second-order valence-electron chi connectivity index (χ2n) is 6.34. The highest BCUT2D eigenvalue weighted by atomic mass is 16.6. The van der Waals surface area contributed by atoms with Crippen LogP contribution in [0.2, 0.25) is 0 Å². The van der Waals surface area contributed by atoms with Gasteiger partial charge in [-0.1, -0.05) is 24.3 Å². The maximum absolute atomic E-state index is 12.4. The number of rotatable bonds is 5. The first kappa shape index (κ1) is 17.7. The van der Waals surface area contributed by atoms with Gasteiger partial charge in [0, 0.05) is 56.1 Å². The molecule has 0 aliphatic carbocycles. The highest BCUT2D eigenvalue weighted by Crippen LogP contribution is 2.22. The molecule has 0 bridgehead atoms. The molecule has 0 unspecified atom stereocenters. The summed E-state index contributed by atoms with van der Waals surface area (Å²) in [7, 11) is 0. The number of nitrogens with two attached hydrogens (primary N) is 1. The van der Waals surface area contributed by atoms with E-state index in [1.54, 1.807) is 12.1 Å². The van der Waals surface area contributed by atoms with E-state index in [2.05, 4.69) is 4.90 Å². The number of nitrogens with zero attached hydrogens (tertiary/aromatic N) is 3. The van der Waals surface area contributed by atoms with Gasteiger partial charge < -0.3 is 15.5 Å². The van der Waals surface area contributed by atoms with Gasteiger partial charge in [0.25, 0.3) is 5.69 Å². The minimum absolute atomic E-state index is 0.0847. The molecule has 2 aromatic carbocycles. The fourth-order valence-electron chi connectivity index (χ4n) is 3.18. The summed E-state index contributed by atoms with van der Waals surface area (Å²) in [5, 5.41) is 10.9. The molecular weight excluding hydrogens is 332 g/mol. The van der Waals surface area contributed by atoms with E-state index in [4.69, 9.17) is 5.73 Å². The minimum Gasteiger partial charge on any atom is -0.399 e. The first-order valence-electron chi connectivity index (χ1n) is 8.65. The molecule has 26 heavy (non-hydrogen) atoms. The van der Waals surface area contributed by atoms with Crippen LogP contribution in [0.3, 0.4) is 0 Å². The van der Waals surface area contributed by atoms with Crippen molar-refractivity contribution in [2.45, 2.75) is 12.8 Å². The molecule has 1 saturated heterocycles. The van der Waals surface area contributed by atoms with Gasteiger partial charge in [0.2, 0.25) is 5.91 Å². The Bertz CT molecular complexity index is 801. The molecule has 7 nitrogen and oxygen atoms in total. The molecule has 2 aromatic rings. The fraction of sp³-hybridized carbons (Fsp3) is 0.316. The Morgan fingerprint density at radius 3 is 2.50 bits per heavy atom. The van der Waals surface area contributed by atoms with E-state index in [9.17, 15) is 14.9 Å². The zero-order chi connectivity index (χ0) is 18.5. The normalized spacial score (nSPS) is 14.3. The van der Waals surface area contributed by atoms with Crippen LogP contribution in [0.4, 0.5) is 17.1 Å². The third kappa shape index (κ3) is 4.11. The van der Waals surface area contributed by atoms with Crippen molar-refractivity contribution in [3.63, 3.8) is 0 Å². The topological polar surface area (TPSA) is 92.7 Å². The maximum atomic E-state index is 12.4. The number of hydrogen-bond acceptors (Lipinski definition) is 5. The van der Waals surface area contributed by atoms with Crippen LogP contribution in [0, 0.1) is 10.1 Å². The summed E-state index contributed by atoms with van der Waals surface area (Å²) in [5.41, 5.74) is 8.54. The molecule has 136 valence electrons. The second-order valence-corrected chi connectivity index (χ2v) is 6.34. The van der Waals surface area contributed by atoms with Gasteiger partial charge in [-0.15, -0.1) is 0 Å². The van der Waals surface area contributed by atoms with Crippen LogP contribution in [0.15, 0.2) is 48.5 Å². The Morgan fingerprint density at radius 2 is 1.81 bits per heavy atom. The van der Waals surface area contributed by atoms with Crippen molar-refractivity contribution in [1.82, 2.24) is 4.90 Å². The third-order valence-electron chi connectivity index (χ3n) is 4.70. The van der Waals surface area contributed by atoms with Crippen molar-refractivity contribution in [3.8, 4) is 0 Å². The highest BCUT2D eigenvalue weighted by Gasteiger charge is 2.22. The second kappa shape index (κ2) is 7.86. The summed E-state index contributed by atoms with van der Waals surface area (Å²) in [5.74, 6) is 0.118. The van der Waals surface area contributed by atoms with Gasteiger partial charge in [-0.25, -0.2) is 0 Å². The zero-order valence-corrected chi connectivity index (χ0v) is 14.5.